The van der Waals surface area contributed by atoms with Crippen LogP contribution in [0.2, 0.25) is 0 Å². The summed E-state index contributed by atoms with van der Waals surface area (Å²) in [5, 5.41) is 22.0. The number of benzene rings is 1. The molecule has 302 valence electrons. The number of rotatable bonds is 15. The van der Waals surface area contributed by atoms with Gasteiger partial charge in [-0.25, -0.2) is 9.59 Å². The number of nitrogens with zero attached hydrogens (tertiary/aromatic N) is 3. The number of phenols is 1. The third-order valence-corrected chi connectivity index (χ3v) is 10.9. The first-order valence-electron chi connectivity index (χ1n) is 18.8. The number of likely N-dealkylation sites (tertiary alicyclic amines) is 2. The Labute approximate surface area is 339 Å². The second-order valence-electron chi connectivity index (χ2n) is 15.1. The number of aromatic hydroxyl groups is 1. The summed E-state index contributed by atoms with van der Waals surface area (Å²) < 4.78 is 6.15. The quantitative estimate of drug-likeness (QED) is 0.142. The summed E-state index contributed by atoms with van der Waals surface area (Å²) in [6.45, 7) is 7.61. The molecule has 1 aromatic heterocycles. The lowest BCUT2D eigenvalue weighted by atomic mass is 9.89. The van der Waals surface area contributed by atoms with Crippen LogP contribution in [0, 0.1) is 0 Å². The van der Waals surface area contributed by atoms with Crippen molar-refractivity contribution in [2.24, 2.45) is 5.73 Å². The SMILES string of the molecule is CC(C)(C)OC(=O)NCCCC[C@H](NC(=O)[C@@H](Cc1cc(Br)c(O)c(Br)c1)NC(=O)N1CCC(NCC(N)=O)CC1)C(=O)N1CCC(c2ccncc2)CC1. The minimum absolute atomic E-state index is 0.00104. The van der Waals surface area contributed by atoms with E-state index in [2.05, 4.69) is 58.1 Å². The van der Waals surface area contributed by atoms with Crippen LogP contribution in [0.15, 0.2) is 45.6 Å². The summed E-state index contributed by atoms with van der Waals surface area (Å²) in [5.41, 5.74) is 6.48. The van der Waals surface area contributed by atoms with Crippen molar-refractivity contribution in [3.05, 3.63) is 56.7 Å². The van der Waals surface area contributed by atoms with Gasteiger partial charge < -0.3 is 46.6 Å². The van der Waals surface area contributed by atoms with Crippen molar-refractivity contribution >= 4 is 61.7 Å². The van der Waals surface area contributed by atoms with Gasteiger partial charge in [0.15, 0.2) is 0 Å². The monoisotopic (exact) mass is 892 g/mol. The molecule has 0 saturated carbocycles. The number of nitrogens with one attached hydrogen (secondary N) is 4. The average molecular weight is 895 g/mol. The summed E-state index contributed by atoms with van der Waals surface area (Å²) in [4.78, 5) is 72.9. The summed E-state index contributed by atoms with van der Waals surface area (Å²) in [5.74, 6) is -0.881. The smallest absolute Gasteiger partial charge is 0.407 e. The molecule has 0 unspecified atom stereocenters. The summed E-state index contributed by atoms with van der Waals surface area (Å²) >= 11 is 6.71. The number of hydrogen-bond donors (Lipinski definition) is 6. The van der Waals surface area contributed by atoms with E-state index in [0.29, 0.717) is 85.3 Å². The number of carbonyl (C=O) groups is 5. The number of hydrogen-bond acceptors (Lipinski definition) is 9. The van der Waals surface area contributed by atoms with Crippen LogP contribution >= 0.6 is 31.9 Å². The van der Waals surface area contributed by atoms with Crippen LogP contribution in [0.3, 0.4) is 0 Å². The summed E-state index contributed by atoms with van der Waals surface area (Å²) in [6, 6.07) is 5.01. The number of piperidine rings is 2. The van der Waals surface area contributed by atoms with Gasteiger partial charge in [0.2, 0.25) is 17.7 Å². The zero-order valence-electron chi connectivity index (χ0n) is 31.7. The van der Waals surface area contributed by atoms with E-state index in [1.807, 2.05) is 12.1 Å². The van der Waals surface area contributed by atoms with E-state index in [0.717, 1.165) is 12.8 Å². The maximum Gasteiger partial charge on any atom is 0.407 e. The van der Waals surface area contributed by atoms with E-state index in [1.54, 1.807) is 55.1 Å². The van der Waals surface area contributed by atoms with Gasteiger partial charge in [-0.05, 0) is 139 Å². The number of primary amides is 1. The minimum atomic E-state index is -1.07. The molecule has 0 bridgehead atoms. The van der Waals surface area contributed by atoms with Crippen LogP contribution in [0.4, 0.5) is 9.59 Å². The predicted molar refractivity (Wildman–Crippen MR) is 214 cm³/mol. The molecule has 2 saturated heterocycles. The summed E-state index contributed by atoms with van der Waals surface area (Å²) in [6.07, 6.45) is 7.22. The molecular formula is C38H54Br2N8O7. The van der Waals surface area contributed by atoms with Crippen LogP contribution in [-0.4, -0.2) is 113 Å². The summed E-state index contributed by atoms with van der Waals surface area (Å²) in [7, 11) is 0. The third kappa shape index (κ3) is 14.2. The average Bonchev–Trinajstić information content (AvgIpc) is 3.14. The molecule has 2 aromatic rings. The molecule has 4 rings (SSSR count). The third-order valence-electron chi connectivity index (χ3n) is 9.66. The molecule has 0 radical (unpaired) electrons. The molecule has 3 heterocycles. The Kier molecular flexibility index (Phi) is 16.6. The minimum Gasteiger partial charge on any atom is -0.506 e. The fourth-order valence-corrected chi connectivity index (χ4v) is 8.03. The van der Waals surface area contributed by atoms with Crippen LogP contribution < -0.4 is 27.0 Å². The number of phenolic OH excluding ortho intramolecular Hbond substituents is 1. The lowest BCUT2D eigenvalue weighted by Gasteiger charge is -2.35. The van der Waals surface area contributed by atoms with Crippen molar-refractivity contribution < 1.29 is 33.8 Å². The molecule has 2 atom stereocenters. The molecule has 1 aromatic carbocycles. The Hall–Kier alpha value is -3.96. The van der Waals surface area contributed by atoms with Crippen molar-refractivity contribution in [1.82, 2.24) is 36.1 Å². The van der Waals surface area contributed by atoms with Crippen molar-refractivity contribution in [2.75, 3.05) is 39.3 Å². The number of unbranched alkanes of at least 4 members (excludes halogenated alkanes) is 1. The van der Waals surface area contributed by atoms with Crippen molar-refractivity contribution in [3.8, 4) is 5.75 Å². The Bertz CT molecular complexity index is 1610. The highest BCUT2D eigenvalue weighted by molar-refractivity contribution is 9.11. The van der Waals surface area contributed by atoms with E-state index < -0.39 is 41.6 Å². The molecule has 2 aliphatic heterocycles. The molecule has 0 spiro atoms. The fourth-order valence-electron chi connectivity index (χ4n) is 6.75. The highest BCUT2D eigenvalue weighted by Gasteiger charge is 2.33. The first-order chi connectivity index (χ1) is 26.1. The second kappa shape index (κ2) is 20.8. The number of carbonyl (C=O) groups excluding carboxylic acids is 5. The van der Waals surface area contributed by atoms with Gasteiger partial charge in [-0.1, -0.05) is 0 Å². The zero-order chi connectivity index (χ0) is 40.1. The van der Waals surface area contributed by atoms with Crippen molar-refractivity contribution in [2.45, 2.75) is 102 Å². The number of aromatic nitrogens is 1. The van der Waals surface area contributed by atoms with Gasteiger partial charge in [-0.15, -0.1) is 0 Å². The van der Waals surface area contributed by atoms with Crippen LogP contribution in [0.1, 0.15) is 82.8 Å². The van der Waals surface area contributed by atoms with E-state index in [-0.39, 0.29) is 30.7 Å². The van der Waals surface area contributed by atoms with Gasteiger partial charge in [-0.2, -0.15) is 0 Å². The van der Waals surface area contributed by atoms with Gasteiger partial charge in [0.1, 0.15) is 23.4 Å². The number of urea groups is 1. The maximum atomic E-state index is 14.2. The van der Waals surface area contributed by atoms with Gasteiger partial charge >= 0.3 is 12.1 Å². The first-order valence-corrected chi connectivity index (χ1v) is 20.4. The number of amides is 6. The Balaban J connectivity index is 1.47. The number of ether oxygens (including phenoxy) is 1. The topological polar surface area (TPSA) is 208 Å². The standard InChI is InChI=1S/C38H54Br2N8O7/c1-38(2,3)55-37(54)43-13-5-4-6-30(35(52)47-16-9-26(10-17-47)25-7-14-42-15-8-25)45-34(51)31(22-24-20-28(39)33(50)29(40)21-24)46-36(53)48-18-11-27(12-19-48)44-23-32(41)49/h7-8,14-15,20-21,26-27,30-31,44,50H,4-6,9-13,16-19,22-23H2,1-3H3,(H2,41,49)(H,43,54)(H,45,51)(H,46,53)/t30-,31+/m0/s1. The van der Waals surface area contributed by atoms with Gasteiger partial charge in [0.25, 0.3) is 0 Å². The van der Waals surface area contributed by atoms with E-state index in [4.69, 9.17) is 10.5 Å². The zero-order valence-corrected chi connectivity index (χ0v) is 34.9. The molecule has 7 N–H and O–H groups in total. The molecule has 0 aliphatic carbocycles. The molecule has 15 nitrogen and oxygen atoms in total. The number of pyridine rings is 1. The van der Waals surface area contributed by atoms with Crippen molar-refractivity contribution in [3.63, 3.8) is 0 Å². The molecule has 17 heteroatoms. The Morgan fingerprint density at radius 3 is 2.15 bits per heavy atom. The van der Waals surface area contributed by atoms with E-state index in [9.17, 15) is 29.1 Å². The van der Waals surface area contributed by atoms with Gasteiger partial charge in [-0.3, -0.25) is 19.4 Å². The van der Waals surface area contributed by atoms with Gasteiger partial charge in [0, 0.05) is 57.6 Å². The molecule has 2 fully saturated rings. The second-order valence-corrected chi connectivity index (χ2v) is 16.8. The number of alkyl carbamates (subject to hydrolysis) is 1. The lowest BCUT2D eigenvalue weighted by molar-refractivity contribution is -0.138. The maximum absolute atomic E-state index is 14.2. The largest absolute Gasteiger partial charge is 0.506 e. The first kappa shape index (κ1) is 43.8. The lowest BCUT2D eigenvalue weighted by Crippen LogP contribution is -2.58. The van der Waals surface area contributed by atoms with Crippen LogP contribution in [0.5, 0.6) is 5.75 Å². The molecule has 2 aliphatic rings. The van der Waals surface area contributed by atoms with Crippen LogP contribution in [0.25, 0.3) is 0 Å². The van der Waals surface area contributed by atoms with Crippen molar-refractivity contribution in [1.29, 1.82) is 0 Å². The molecule has 6 amide bonds. The highest BCUT2D eigenvalue weighted by atomic mass is 79.9. The van der Waals surface area contributed by atoms with E-state index in [1.165, 1.54) is 5.56 Å². The van der Waals surface area contributed by atoms with Crippen LogP contribution in [-0.2, 0) is 25.5 Å². The Morgan fingerprint density at radius 1 is 0.927 bits per heavy atom. The fraction of sp³-hybridized carbons (Fsp3) is 0.579. The van der Waals surface area contributed by atoms with Gasteiger partial charge in [0.05, 0.1) is 15.5 Å². The predicted octanol–water partition coefficient (Wildman–Crippen LogP) is 4.06. The molecule has 55 heavy (non-hydrogen) atoms. The molecular weight excluding hydrogens is 840 g/mol. The Morgan fingerprint density at radius 2 is 1.55 bits per heavy atom. The van der Waals surface area contributed by atoms with E-state index >= 15 is 0 Å². The highest BCUT2D eigenvalue weighted by Crippen LogP contribution is 2.34. The number of nitrogens with two attached hydrogens (primary N) is 1. The number of halogens is 2. The normalized spacial score (nSPS) is 16.5.